The molecule has 0 aliphatic heterocycles. The fraction of sp³-hybridized carbons (Fsp3) is 0.238. The molecule has 1 N–H and O–H groups in total. The minimum atomic E-state index is 0.0419. The van der Waals surface area contributed by atoms with Crippen molar-refractivity contribution in [2.75, 3.05) is 7.11 Å². The Hall–Kier alpha value is -3.48. The van der Waals surface area contributed by atoms with Crippen LogP contribution >= 0.6 is 0 Å². The summed E-state index contributed by atoms with van der Waals surface area (Å²) in [5, 5.41) is 15.6. The minimum Gasteiger partial charge on any atom is -0.504 e. The van der Waals surface area contributed by atoms with Crippen molar-refractivity contribution in [2.45, 2.75) is 20.8 Å². The van der Waals surface area contributed by atoms with Crippen molar-refractivity contribution in [1.29, 1.82) is 0 Å². The first-order chi connectivity index (χ1) is 13.4. The Balaban J connectivity index is 2.07. The van der Waals surface area contributed by atoms with Gasteiger partial charge >= 0.3 is 0 Å². The summed E-state index contributed by atoms with van der Waals surface area (Å²) in [6.45, 7) is 5.87. The Bertz CT molecular complexity index is 1200. The van der Waals surface area contributed by atoms with Crippen LogP contribution in [0.5, 0.6) is 11.5 Å². The van der Waals surface area contributed by atoms with E-state index in [2.05, 4.69) is 15.1 Å². The number of aryl methyl sites for hydroxylation is 3. The zero-order valence-electron chi connectivity index (χ0n) is 16.5. The highest BCUT2D eigenvalue weighted by atomic mass is 16.5. The first-order valence-electron chi connectivity index (χ1n) is 8.90. The molecule has 4 aromatic rings. The lowest BCUT2D eigenvalue weighted by Crippen LogP contribution is -1.96. The van der Waals surface area contributed by atoms with Crippen LogP contribution in [0.3, 0.4) is 0 Å². The van der Waals surface area contributed by atoms with Crippen molar-refractivity contribution in [1.82, 2.24) is 24.7 Å². The Labute approximate surface area is 162 Å². The molecule has 0 bridgehead atoms. The molecule has 0 saturated heterocycles. The van der Waals surface area contributed by atoms with E-state index in [4.69, 9.17) is 9.72 Å². The number of benzene rings is 1. The van der Waals surface area contributed by atoms with E-state index >= 15 is 0 Å². The maximum absolute atomic E-state index is 10.3. The summed E-state index contributed by atoms with van der Waals surface area (Å²) in [4.78, 5) is 13.7. The molecule has 0 radical (unpaired) electrons. The van der Waals surface area contributed by atoms with Crippen LogP contribution in [0, 0.1) is 20.8 Å². The molecule has 3 aromatic heterocycles. The van der Waals surface area contributed by atoms with Gasteiger partial charge in [0.2, 0.25) is 0 Å². The van der Waals surface area contributed by atoms with E-state index in [0.717, 1.165) is 45.0 Å². The van der Waals surface area contributed by atoms with Gasteiger partial charge in [0.1, 0.15) is 0 Å². The predicted molar refractivity (Wildman–Crippen MR) is 107 cm³/mol. The third-order valence-corrected chi connectivity index (χ3v) is 4.93. The number of nitrogens with zero attached hydrogens (tertiary/aromatic N) is 5. The molecule has 0 atom stereocenters. The zero-order chi connectivity index (χ0) is 20.0. The van der Waals surface area contributed by atoms with Gasteiger partial charge in [0.05, 0.1) is 41.6 Å². The number of aromatic hydroxyl groups is 1. The number of pyridine rings is 1. The van der Waals surface area contributed by atoms with Crippen LogP contribution in [0.25, 0.3) is 33.4 Å². The largest absolute Gasteiger partial charge is 0.504 e. The Kier molecular flexibility index (Phi) is 4.22. The van der Waals surface area contributed by atoms with E-state index in [1.54, 1.807) is 24.5 Å². The SMILES string of the molecule is COc1cc2c(-c3cnc(C)cn3)cc(-c3c(C)nn(C)c3C)nc2cc1O. The molecule has 0 amide bonds. The average molecular weight is 375 g/mol. The maximum Gasteiger partial charge on any atom is 0.161 e. The van der Waals surface area contributed by atoms with Gasteiger partial charge in [-0.1, -0.05) is 0 Å². The van der Waals surface area contributed by atoms with Crippen LogP contribution in [0.4, 0.5) is 0 Å². The molecule has 0 saturated carbocycles. The number of aromatic nitrogens is 5. The van der Waals surface area contributed by atoms with Crippen LogP contribution in [-0.4, -0.2) is 36.9 Å². The van der Waals surface area contributed by atoms with Gasteiger partial charge in [-0.25, -0.2) is 4.98 Å². The summed E-state index contributed by atoms with van der Waals surface area (Å²) in [5.41, 5.74) is 6.75. The third-order valence-electron chi connectivity index (χ3n) is 4.93. The first-order valence-corrected chi connectivity index (χ1v) is 8.90. The van der Waals surface area contributed by atoms with Crippen molar-refractivity contribution >= 4 is 10.9 Å². The number of phenols is 1. The molecule has 0 unspecified atom stereocenters. The second-order valence-electron chi connectivity index (χ2n) is 6.81. The molecule has 0 aliphatic carbocycles. The predicted octanol–water partition coefficient (Wildman–Crippen LogP) is 3.73. The van der Waals surface area contributed by atoms with E-state index in [1.165, 1.54) is 7.11 Å². The quantitative estimate of drug-likeness (QED) is 0.587. The number of ether oxygens (including phenoxy) is 1. The lowest BCUT2D eigenvalue weighted by atomic mass is 10.0. The molecule has 4 rings (SSSR count). The highest BCUT2D eigenvalue weighted by Crippen LogP contribution is 2.38. The van der Waals surface area contributed by atoms with Crippen LogP contribution in [0.1, 0.15) is 17.1 Å². The van der Waals surface area contributed by atoms with Gasteiger partial charge in [-0.05, 0) is 32.9 Å². The second kappa shape index (κ2) is 6.60. The number of fused-ring (bicyclic) bond motifs is 1. The molecule has 7 nitrogen and oxygen atoms in total. The van der Waals surface area contributed by atoms with Crippen molar-refractivity contribution in [2.24, 2.45) is 7.05 Å². The van der Waals surface area contributed by atoms with Crippen molar-refractivity contribution in [3.8, 4) is 34.0 Å². The summed E-state index contributed by atoms with van der Waals surface area (Å²) < 4.78 is 7.13. The van der Waals surface area contributed by atoms with E-state index in [9.17, 15) is 5.11 Å². The zero-order valence-corrected chi connectivity index (χ0v) is 16.5. The normalized spacial score (nSPS) is 11.2. The third kappa shape index (κ3) is 2.85. The molecular formula is C21H21N5O2. The first kappa shape index (κ1) is 17.9. The molecule has 1 aromatic carbocycles. The molecule has 7 heteroatoms. The summed E-state index contributed by atoms with van der Waals surface area (Å²) in [6.07, 6.45) is 3.48. The van der Waals surface area contributed by atoms with Gasteiger partial charge in [-0.15, -0.1) is 0 Å². The van der Waals surface area contributed by atoms with Gasteiger partial charge in [-0.2, -0.15) is 5.10 Å². The highest BCUT2D eigenvalue weighted by molar-refractivity contribution is 5.97. The van der Waals surface area contributed by atoms with Crippen LogP contribution in [0.2, 0.25) is 0 Å². The lowest BCUT2D eigenvalue weighted by Gasteiger charge is -2.12. The van der Waals surface area contributed by atoms with Crippen molar-refractivity contribution < 1.29 is 9.84 Å². The summed E-state index contributed by atoms with van der Waals surface area (Å²) in [7, 11) is 3.44. The lowest BCUT2D eigenvalue weighted by molar-refractivity contribution is 0.374. The maximum atomic E-state index is 10.3. The minimum absolute atomic E-state index is 0.0419. The Morgan fingerprint density at radius 1 is 1.00 bits per heavy atom. The second-order valence-corrected chi connectivity index (χ2v) is 6.81. The number of rotatable bonds is 3. The Morgan fingerprint density at radius 2 is 1.79 bits per heavy atom. The standard InChI is InChI=1S/C21H21N5O2/c1-11-9-23-18(10-22-11)14-6-17(21-12(2)25-26(4)13(21)3)24-16-8-19(27)20(28-5)7-15(14)16/h6-10,27H,1-5H3. The van der Waals surface area contributed by atoms with Gasteiger partial charge in [0.15, 0.2) is 11.5 Å². The molecule has 0 fully saturated rings. The molecular weight excluding hydrogens is 354 g/mol. The number of methoxy groups -OCH3 is 1. The Morgan fingerprint density at radius 3 is 2.39 bits per heavy atom. The van der Waals surface area contributed by atoms with E-state index in [-0.39, 0.29) is 5.75 Å². The number of hydrogen-bond acceptors (Lipinski definition) is 6. The monoisotopic (exact) mass is 375 g/mol. The van der Waals surface area contributed by atoms with Crippen LogP contribution < -0.4 is 4.74 Å². The molecule has 0 aliphatic rings. The van der Waals surface area contributed by atoms with Crippen molar-refractivity contribution in [3.05, 3.63) is 47.7 Å². The topological polar surface area (TPSA) is 86.0 Å². The average Bonchev–Trinajstić information content (AvgIpc) is 2.92. The van der Waals surface area contributed by atoms with E-state index in [1.807, 2.05) is 38.6 Å². The van der Waals surface area contributed by atoms with Gasteiger partial charge < -0.3 is 9.84 Å². The van der Waals surface area contributed by atoms with Crippen LogP contribution in [-0.2, 0) is 7.05 Å². The summed E-state index contributed by atoms with van der Waals surface area (Å²) in [6, 6.07) is 5.39. The fourth-order valence-corrected chi connectivity index (χ4v) is 3.42. The van der Waals surface area contributed by atoms with Gasteiger partial charge in [-0.3, -0.25) is 14.6 Å². The number of hydrogen-bond donors (Lipinski definition) is 1. The van der Waals surface area contributed by atoms with Crippen LogP contribution in [0.15, 0.2) is 30.6 Å². The smallest absolute Gasteiger partial charge is 0.161 e. The fourth-order valence-electron chi connectivity index (χ4n) is 3.42. The molecule has 28 heavy (non-hydrogen) atoms. The van der Waals surface area contributed by atoms with Gasteiger partial charge in [0.25, 0.3) is 0 Å². The molecule has 3 heterocycles. The van der Waals surface area contributed by atoms with E-state index in [0.29, 0.717) is 11.3 Å². The number of phenolic OH excluding ortho intramolecular Hbond substituents is 1. The molecule has 142 valence electrons. The van der Waals surface area contributed by atoms with Crippen molar-refractivity contribution in [3.63, 3.8) is 0 Å². The summed E-state index contributed by atoms with van der Waals surface area (Å²) in [5.74, 6) is 0.428. The van der Waals surface area contributed by atoms with E-state index < -0.39 is 0 Å². The van der Waals surface area contributed by atoms with Gasteiger partial charge in [0, 0.05) is 41.5 Å². The summed E-state index contributed by atoms with van der Waals surface area (Å²) >= 11 is 0. The highest BCUT2D eigenvalue weighted by Gasteiger charge is 2.18. The molecule has 0 spiro atoms.